The summed E-state index contributed by atoms with van der Waals surface area (Å²) in [5, 5.41) is 11.5. The van der Waals surface area contributed by atoms with Gasteiger partial charge in [-0.1, -0.05) is 49.6 Å². The van der Waals surface area contributed by atoms with E-state index in [9.17, 15) is 18.3 Å². The maximum Gasteiger partial charge on any atom is 0.416 e. The third kappa shape index (κ3) is 6.66. The summed E-state index contributed by atoms with van der Waals surface area (Å²) < 4.78 is 43.8. The molecule has 1 saturated carbocycles. The highest BCUT2D eigenvalue weighted by Crippen LogP contribution is 2.40. The molecule has 0 unspecified atom stereocenters. The van der Waals surface area contributed by atoms with Gasteiger partial charge in [-0.3, -0.25) is 9.80 Å². The molecule has 0 radical (unpaired) electrons. The first-order valence-electron chi connectivity index (χ1n) is 12.5. The van der Waals surface area contributed by atoms with Crippen LogP contribution in [0.4, 0.5) is 13.2 Å². The summed E-state index contributed by atoms with van der Waals surface area (Å²) in [5.41, 5.74) is 1.48. The van der Waals surface area contributed by atoms with E-state index in [0.717, 1.165) is 99.4 Å². The molecule has 1 aliphatic heterocycles. The van der Waals surface area contributed by atoms with E-state index in [-0.39, 0.29) is 0 Å². The molecule has 0 bridgehead atoms. The van der Waals surface area contributed by atoms with Crippen molar-refractivity contribution in [1.29, 1.82) is 0 Å². The molecule has 35 heavy (non-hydrogen) atoms. The van der Waals surface area contributed by atoms with Crippen LogP contribution in [0, 0.1) is 0 Å². The van der Waals surface area contributed by atoms with Crippen LogP contribution < -0.4 is 4.74 Å². The molecule has 2 fully saturated rings. The Labute approximate surface area is 206 Å². The van der Waals surface area contributed by atoms with Gasteiger partial charge < -0.3 is 9.84 Å². The van der Waals surface area contributed by atoms with Gasteiger partial charge in [-0.05, 0) is 53.8 Å². The molecule has 0 aromatic heterocycles. The van der Waals surface area contributed by atoms with Crippen LogP contribution >= 0.6 is 0 Å². The molecule has 0 amide bonds. The number of alkyl halides is 3. The topological polar surface area (TPSA) is 35.9 Å². The van der Waals surface area contributed by atoms with Crippen LogP contribution in [0.3, 0.4) is 0 Å². The standard InChI is InChI=1S/C28H35F3N2O2/c1-35-25-7-5-6-23(20-25)26(27(34)13-3-2-4-14-27)12-15-32-16-18-33(19-17-32)21-22-8-10-24(11-9-22)28(29,30)31/h5-12,20,34H,2-4,13-19,21H2,1H3/b26-12-. The number of aliphatic hydroxyl groups is 1. The number of benzene rings is 2. The molecule has 1 aliphatic carbocycles. The molecule has 2 aromatic rings. The number of ether oxygens (including phenoxy) is 1. The molecule has 190 valence electrons. The van der Waals surface area contributed by atoms with Gasteiger partial charge in [0.15, 0.2) is 0 Å². The number of methoxy groups -OCH3 is 1. The van der Waals surface area contributed by atoms with E-state index in [4.69, 9.17) is 4.74 Å². The predicted octanol–water partition coefficient (Wildman–Crippen LogP) is 5.61. The van der Waals surface area contributed by atoms with Crippen molar-refractivity contribution in [2.75, 3.05) is 39.8 Å². The molecule has 0 spiro atoms. The van der Waals surface area contributed by atoms with Gasteiger partial charge in [0.2, 0.25) is 0 Å². The fourth-order valence-corrected chi connectivity index (χ4v) is 5.18. The fourth-order valence-electron chi connectivity index (χ4n) is 5.18. The molecule has 4 rings (SSSR count). The zero-order valence-corrected chi connectivity index (χ0v) is 20.4. The second-order valence-corrected chi connectivity index (χ2v) is 9.71. The highest BCUT2D eigenvalue weighted by atomic mass is 19.4. The first kappa shape index (κ1) is 25.7. The Morgan fingerprint density at radius 2 is 1.63 bits per heavy atom. The van der Waals surface area contributed by atoms with Crippen molar-refractivity contribution in [3.63, 3.8) is 0 Å². The quantitative estimate of drug-likeness (QED) is 0.550. The monoisotopic (exact) mass is 488 g/mol. The normalized spacial score (nSPS) is 20.1. The summed E-state index contributed by atoms with van der Waals surface area (Å²) >= 11 is 0. The summed E-state index contributed by atoms with van der Waals surface area (Å²) in [4.78, 5) is 4.65. The van der Waals surface area contributed by atoms with E-state index in [2.05, 4.69) is 15.9 Å². The van der Waals surface area contributed by atoms with Crippen LogP contribution in [-0.4, -0.2) is 60.3 Å². The molecule has 7 heteroatoms. The molecule has 2 aromatic carbocycles. The largest absolute Gasteiger partial charge is 0.497 e. The van der Waals surface area contributed by atoms with E-state index in [1.54, 1.807) is 19.2 Å². The van der Waals surface area contributed by atoms with Crippen LogP contribution in [-0.2, 0) is 12.7 Å². The highest BCUT2D eigenvalue weighted by Gasteiger charge is 2.34. The van der Waals surface area contributed by atoms with Crippen LogP contribution in [0.25, 0.3) is 5.57 Å². The minimum Gasteiger partial charge on any atom is -0.497 e. The second-order valence-electron chi connectivity index (χ2n) is 9.71. The summed E-state index contributed by atoms with van der Waals surface area (Å²) in [5.74, 6) is 0.782. The zero-order valence-electron chi connectivity index (χ0n) is 20.4. The average Bonchev–Trinajstić information content (AvgIpc) is 2.85. The van der Waals surface area contributed by atoms with E-state index in [0.29, 0.717) is 6.54 Å². The van der Waals surface area contributed by atoms with Crippen LogP contribution in [0.15, 0.2) is 54.6 Å². The maximum absolute atomic E-state index is 12.8. The summed E-state index contributed by atoms with van der Waals surface area (Å²) in [6.07, 6.45) is 2.65. The van der Waals surface area contributed by atoms with Crippen molar-refractivity contribution >= 4 is 5.57 Å². The van der Waals surface area contributed by atoms with E-state index in [1.165, 1.54) is 0 Å². The van der Waals surface area contributed by atoms with Crippen LogP contribution in [0.1, 0.15) is 48.8 Å². The maximum atomic E-state index is 12.8. The van der Waals surface area contributed by atoms with Gasteiger partial charge in [-0.15, -0.1) is 0 Å². The molecule has 1 N–H and O–H groups in total. The van der Waals surface area contributed by atoms with Gasteiger partial charge in [-0.2, -0.15) is 13.2 Å². The summed E-state index contributed by atoms with van der Waals surface area (Å²) in [6, 6.07) is 13.4. The Bertz CT molecular complexity index is 990. The smallest absolute Gasteiger partial charge is 0.416 e. The number of nitrogens with zero attached hydrogens (tertiary/aromatic N) is 2. The van der Waals surface area contributed by atoms with Crippen molar-refractivity contribution < 1.29 is 23.0 Å². The Kier molecular flexibility index (Phi) is 8.19. The Morgan fingerprint density at radius 3 is 2.26 bits per heavy atom. The van der Waals surface area contributed by atoms with E-state index < -0.39 is 17.3 Å². The van der Waals surface area contributed by atoms with Gasteiger partial charge in [0, 0.05) is 39.3 Å². The third-order valence-corrected chi connectivity index (χ3v) is 7.27. The first-order valence-corrected chi connectivity index (χ1v) is 12.5. The van der Waals surface area contributed by atoms with Gasteiger partial charge >= 0.3 is 6.18 Å². The second kappa shape index (κ2) is 11.1. The van der Waals surface area contributed by atoms with Crippen molar-refractivity contribution in [1.82, 2.24) is 9.80 Å². The predicted molar refractivity (Wildman–Crippen MR) is 132 cm³/mol. The number of piperazine rings is 1. The van der Waals surface area contributed by atoms with E-state index in [1.807, 2.05) is 24.3 Å². The third-order valence-electron chi connectivity index (χ3n) is 7.27. The zero-order chi connectivity index (χ0) is 24.9. The van der Waals surface area contributed by atoms with Gasteiger partial charge in [0.25, 0.3) is 0 Å². The lowest BCUT2D eigenvalue weighted by Gasteiger charge is -2.37. The average molecular weight is 489 g/mol. The lowest BCUT2D eigenvalue weighted by atomic mass is 9.76. The Balaban J connectivity index is 1.38. The SMILES string of the molecule is COc1cccc(/C(=C/CN2CCN(Cc3ccc(C(F)(F)F)cc3)CC2)C2(O)CCCCC2)c1. The van der Waals surface area contributed by atoms with Crippen LogP contribution in [0.2, 0.25) is 0 Å². The van der Waals surface area contributed by atoms with Gasteiger partial charge in [0.1, 0.15) is 5.75 Å². The molecule has 2 aliphatic rings. The van der Waals surface area contributed by atoms with E-state index >= 15 is 0 Å². The lowest BCUT2D eigenvalue weighted by Crippen LogP contribution is -2.46. The van der Waals surface area contributed by atoms with Crippen molar-refractivity contribution in [2.24, 2.45) is 0 Å². The summed E-state index contributed by atoms with van der Waals surface area (Å²) in [6.45, 7) is 4.86. The molecule has 0 atom stereocenters. The molecule has 1 heterocycles. The minimum atomic E-state index is -4.30. The molecule has 4 nitrogen and oxygen atoms in total. The lowest BCUT2D eigenvalue weighted by molar-refractivity contribution is -0.137. The van der Waals surface area contributed by atoms with Gasteiger partial charge in [0.05, 0.1) is 18.3 Å². The molecule has 1 saturated heterocycles. The minimum absolute atomic E-state index is 0.607. The molecular weight excluding hydrogens is 453 g/mol. The summed E-state index contributed by atoms with van der Waals surface area (Å²) in [7, 11) is 1.65. The highest BCUT2D eigenvalue weighted by molar-refractivity contribution is 5.73. The van der Waals surface area contributed by atoms with Crippen LogP contribution in [0.5, 0.6) is 5.75 Å². The first-order chi connectivity index (χ1) is 16.8. The van der Waals surface area contributed by atoms with Gasteiger partial charge in [-0.25, -0.2) is 0 Å². The van der Waals surface area contributed by atoms with Crippen molar-refractivity contribution in [3.8, 4) is 5.75 Å². The fraction of sp³-hybridized carbons (Fsp3) is 0.500. The number of rotatable bonds is 7. The number of hydrogen-bond acceptors (Lipinski definition) is 4. The number of hydrogen-bond donors (Lipinski definition) is 1. The Morgan fingerprint density at radius 1 is 0.971 bits per heavy atom. The van der Waals surface area contributed by atoms with Crippen molar-refractivity contribution in [3.05, 3.63) is 71.3 Å². The number of halogens is 3. The van der Waals surface area contributed by atoms with Crippen molar-refractivity contribution in [2.45, 2.75) is 50.4 Å². The molecular formula is C28H35F3N2O2. The Hall–Kier alpha value is -2.35.